The minimum atomic E-state index is 0.249. The largest absolute Gasteiger partial charge is 0.508 e. The lowest BCUT2D eigenvalue weighted by molar-refractivity contribution is 0.475. The van der Waals surface area contributed by atoms with E-state index in [4.69, 9.17) is 22.3 Å². The molecule has 16 heavy (non-hydrogen) atoms. The van der Waals surface area contributed by atoms with Crippen molar-refractivity contribution in [2.75, 3.05) is 17.2 Å². The van der Waals surface area contributed by atoms with Crippen LogP contribution in [0.4, 0.5) is 17.1 Å². The van der Waals surface area contributed by atoms with Crippen LogP contribution in [-0.2, 0) is 0 Å². The van der Waals surface area contributed by atoms with Crippen LogP contribution < -0.4 is 17.2 Å². The summed E-state index contributed by atoms with van der Waals surface area (Å²) >= 11 is 0. The molecule has 0 fully saturated rings. The molecule has 0 spiro atoms. The predicted molar refractivity (Wildman–Crippen MR) is 67.8 cm³/mol. The molecule has 2 aromatic rings. The molecule has 7 N–H and O–H groups in total. The number of nitrogen functional groups attached to an aromatic ring is 3. The summed E-state index contributed by atoms with van der Waals surface area (Å²) in [4.78, 5) is 0. The van der Waals surface area contributed by atoms with Crippen molar-refractivity contribution in [2.45, 2.75) is 0 Å². The van der Waals surface area contributed by atoms with Crippen LogP contribution >= 0.6 is 0 Å². The number of nitrogens with two attached hydrogens (primary N) is 3. The number of hydrogen-bond donors (Lipinski definition) is 4. The Morgan fingerprint density at radius 1 is 0.562 bits per heavy atom. The van der Waals surface area contributed by atoms with E-state index < -0.39 is 0 Å². The van der Waals surface area contributed by atoms with E-state index in [0.717, 1.165) is 11.4 Å². The summed E-state index contributed by atoms with van der Waals surface area (Å²) in [5.41, 5.74) is 18.2. The molecule has 2 rings (SSSR count). The zero-order chi connectivity index (χ0) is 12.0. The molecular weight excluding hydrogens is 202 g/mol. The second-order valence-corrected chi connectivity index (χ2v) is 3.26. The van der Waals surface area contributed by atoms with Gasteiger partial charge >= 0.3 is 0 Å². The molecule has 0 aliphatic carbocycles. The number of aromatic hydroxyl groups is 1. The maximum atomic E-state index is 8.70. The van der Waals surface area contributed by atoms with Gasteiger partial charge in [-0.15, -0.1) is 0 Å². The molecule has 0 saturated carbocycles. The number of benzene rings is 2. The van der Waals surface area contributed by atoms with E-state index in [1.165, 1.54) is 0 Å². The van der Waals surface area contributed by atoms with Gasteiger partial charge in [-0.3, -0.25) is 0 Å². The van der Waals surface area contributed by atoms with Gasteiger partial charge in [-0.05, 0) is 48.5 Å². The van der Waals surface area contributed by atoms with E-state index in [0.29, 0.717) is 5.69 Å². The summed E-state index contributed by atoms with van der Waals surface area (Å²) in [5, 5.41) is 8.70. The zero-order valence-corrected chi connectivity index (χ0v) is 8.80. The first-order valence-corrected chi connectivity index (χ1v) is 4.73. The van der Waals surface area contributed by atoms with Crippen molar-refractivity contribution in [3.8, 4) is 5.75 Å². The Bertz CT molecular complexity index is 338. The fourth-order valence-corrected chi connectivity index (χ4v) is 0.970. The molecule has 0 atom stereocenters. The molecule has 0 aliphatic heterocycles. The summed E-state index contributed by atoms with van der Waals surface area (Å²) in [5.74, 6) is 0.249. The fourth-order valence-electron chi connectivity index (χ4n) is 0.970. The van der Waals surface area contributed by atoms with E-state index in [2.05, 4.69) is 0 Å². The third-order valence-corrected chi connectivity index (χ3v) is 1.83. The molecule has 84 valence electrons. The number of rotatable bonds is 0. The van der Waals surface area contributed by atoms with Crippen LogP contribution in [0.5, 0.6) is 5.75 Å². The van der Waals surface area contributed by atoms with E-state index in [1.807, 2.05) is 0 Å². The lowest BCUT2D eigenvalue weighted by atomic mass is 10.3. The Balaban J connectivity index is 0.000000160. The first-order chi connectivity index (χ1) is 7.58. The van der Waals surface area contributed by atoms with Crippen molar-refractivity contribution in [2.24, 2.45) is 0 Å². The molecule has 2 aromatic carbocycles. The standard InChI is InChI=1S/C6H8N2.C6H7NO/c7-5-1-2-6(8)4-3-5;7-5-1-3-6(8)4-2-5/h1-4H,7-8H2;1-4,8H,7H2. The van der Waals surface area contributed by atoms with Crippen LogP contribution in [-0.4, -0.2) is 5.11 Å². The van der Waals surface area contributed by atoms with E-state index in [-0.39, 0.29) is 5.75 Å². The molecule has 0 aromatic heterocycles. The number of phenolic OH excluding ortho intramolecular Hbond substituents is 1. The topological polar surface area (TPSA) is 98.3 Å². The Hall–Kier alpha value is -2.36. The van der Waals surface area contributed by atoms with Gasteiger partial charge in [0.15, 0.2) is 0 Å². The lowest BCUT2D eigenvalue weighted by Crippen LogP contribution is -1.86. The van der Waals surface area contributed by atoms with Crippen molar-refractivity contribution in [3.05, 3.63) is 48.5 Å². The average Bonchev–Trinajstić information content (AvgIpc) is 2.28. The van der Waals surface area contributed by atoms with Crippen LogP contribution in [0.2, 0.25) is 0 Å². The predicted octanol–water partition coefficient (Wildman–Crippen LogP) is 1.83. The van der Waals surface area contributed by atoms with Crippen LogP contribution in [0.15, 0.2) is 48.5 Å². The molecule has 4 nitrogen and oxygen atoms in total. The fraction of sp³-hybridized carbons (Fsp3) is 0. The van der Waals surface area contributed by atoms with Gasteiger partial charge in [-0.2, -0.15) is 0 Å². The van der Waals surface area contributed by atoms with Gasteiger partial charge in [0.25, 0.3) is 0 Å². The van der Waals surface area contributed by atoms with Gasteiger partial charge in [0.1, 0.15) is 5.75 Å². The molecule has 0 heterocycles. The highest BCUT2D eigenvalue weighted by atomic mass is 16.3. The van der Waals surface area contributed by atoms with Crippen molar-refractivity contribution in [3.63, 3.8) is 0 Å². The molecule has 0 amide bonds. The maximum Gasteiger partial charge on any atom is 0.115 e. The van der Waals surface area contributed by atoms with Crippen molar-refractivity contribution >= 4 is 17.1 Å². The van der Waals surface area contributed by atoms with Crippen LogP contribution in [0.1, 0.15) is 0 Å². The minimum Gasteiger partial charge on any atom is -0.508 e. The van der Waals surface area contributed by atoms with Crippen LogP contribution in [0.3, 0.4) is 0 Å². The molecule has 0 radical (unpaired) electrons. The molecule has 0 saturated heterocycles. The maximum absolute atomic E-state index is 8.70. The highest BCUT2D eigenvalue weighted by Gasteiger charge is 1.82. The zero-order valence-electron chi connectivity index (χ0n) is 8.80. The monoisotopic (exact) mass is 217 g/mol. The van der Waals surface area contributed by atoms with Gasteiger partial charge in [0.05, 0.1) is 0 Å². The quantitative estimate of drug-likeness (QED) is 0.399. The Morgan fingerprint density at radius 2 is 0.812 bits per heavy atom. The van der Waals surface area contributed by atoms with E-state index >= 15 is 0 Å². The highest BCUT2D eigenvalue weighted by molar-refractivity contribution is 5.47. The SMILES string of the molecule is Nc1ccc(N)cc1.Nc1ccc(O)cc1. The van der Waals surface area contributed by atoms with Crippen molar-refractivity contribution in [1.82, 2.24) is 0 Å². The smallest absolute Gasteiger partial charge is 0.115 e. The van der Waals surface area contributed by atoms with Crippen molar-refractivity contribution in [1.29, 1.82) is 0 Å². The number of phenols is 1. The van der Waals surface area contributed by atoms with E-state index in [9.17, 15) is 0 Å². The van der Waals surface area contributed by atoms with Crippen molar-refractivity contribution < 1.29 is 5.11 Å². The second kappa shape index (κ2) is 5.50. The summed E-state index contributed by atoms with van der Waals surface area (Å²) in [7, 11) is 0. The second-order valence-electron chi connectivity index (χ2n) is 3.26. The Kier molecular flexibility index (Phi) is 4.03. The minimum absolute atomic E-state index is 0.249. The number of hydrogen-bond acceptors (Lipinski definition) is 4. The molecular formula is C12H15N3O. The van der Waals surface area contributed by atoms with Gasteiger partial charge in [-0.25, -0.2) is 0 Å². The highest BCUT2D eigenvalue weighted by Crippen LogP contribution is 2.09. The molecule has 0 bridgehead atoms. The third kappa shape index (κ3) is 4.23. The average molecular weight is 217 g/mol. The van der Waals surface area contributed by atoms with Gasteiger partial charge < -0.3 is 22.3 Å². The lowest BCUT2D eigenvalue weighted by Gasteiger charge is -1.90. The third-order valence-electron chi connectivity index (χ3n) is 1.83. The Morgan fingerprint density at radius 3 is 1.06 bits per heavy atom. The number of anilines is 3. The summed E-state index contributed by atoms with van der Waals surface area (Å²) < 4.78 is 0. The molecule has 0 unspecified atom stereocenters. The van der Waals surface area contributed by atoms with Crippen LogP contribution in [0.25, 0.3) is 0 Å². The first kappa shape index (κ1) is 11.7. The molecule has 4 heteroatoms. The van der Waals surface area contributed by atoms with Gasteiger partial charge in [0.2, 0.25) is 0 Å². The van der Waals surface area contributed by atoms with E-state index in [1.54, 1.807) is 48.5 Å². The Labute approximate surface area is 94.3 Å². The summed E-state index contributed by atoms with van der Waals surface area (Å²) in [6.45, 7) is 0. The summed E-state index contributed by atoms with van der Waals surface area (Å²) in [6, 6.07) is 13.5. The van der Waals surface area contributed by atoms with Gasteiger partial charge in [-0.1, -0.05) is 0 Å². The summed E-state index contributed by atoms with van der Waals surface area (Å²) in [6.07, 6.45) is 0. The van der Waals surface area contributed by atoms with Gasteiger partial charge in [0, 0.05) is 17.1 Å². The normalized spacial score (nSPS) is 9.00. The first-order valence-electron chi connectivity index (χ1n) is 4.73. The van der Waals surface area contributed by atoms with Crippen LogP contribution in [0, 0.1) is 0 Å². The molecule has 0 aliphatic rings.